The van der Waals surface area contributed by atoms with E-state index in [0.29, 0.717) is 29.1 Å². The van der Waals surface area contributed by atoms with E-state index in [1.807, 2.05) is 17.9 Å². The lowest BCUT2D eigenvalue weighted by Crippen LogP contribution is -2.54. The van der Waals surface area contributed by atoms with Crippen LogP contribution in [-0.2, 0) is 11.8 Å². The van der Waals surface area contributed by atoms with Gasteiger partial charge >= 0.3 is 0 Å². The number of fused-ring (bicyclic) bond motifs is 5. The summed E-state index contributed by atoms with van der Waals surface area (Å²) in [5.41, 5.74) is 2.31. The monoisotopic (exact) mass is 536 g/mol. The van der Waals surface area contributed by atoms with Crippen molar-refractivity contribution in [1.29, 1.82) is 0 Å². The fourth-order valence-corrected chi connectivity index (χ4v) is 10.5. The van der Waals surface area contributed by atoms with Crippen LogP contribution in [0.2, 0.25) is 0 Å². The summed E-state index contributed by atoms with van der Waals surface area (Å²) in [4.78, 5) is 17.9. The zero-order valence-corrected chi connectivity index (χ0v) is 25.1. The highest BCUT2D eigenvalue weighted by atomic mass is 16.3. The van der Waals surface area contributed by atoms with Crippen molar-refractivity contribution in [2.45, 2.75) is 104 Å². The van der Waals surface area contributed by atoms with Gasteiger partial charge in [0.2, 0.25) is 5.91 Å². The van der Waals surface area contributed by atoms with Crippen molar-refractivity contribution in [3.63, 3.8) is 0 Å². The molecule has 6 nitrogen and oxygen atoms in total. The third-order valence-electron chi connectivity index (χ3n) is 12.7. The number of aliphatic hydroxyl groups is 1. The summed E-state index contributed by atoms with van der Waals surface area (Å²) in [5, 5.41) is 14.6. The lowest BCUT2D eigenvalue weighted by Gasteiger charge is -2.58. The first-order valence-corrected chi connectivity index (χ1v) is 16.0. The van der Waals surface area contributed by atoms with E-state index in [1.54, 1.807) is 5.57 Å². The maximum Gasteiger partial charge on any atom is 0.222 e. The topological polar surface area (TPSA) is 61.6 Å². The number of piperazine rings is 1. The minimum Gasteiger partial charge on any atom is -0.393 e. The average Bonchev–Trinajstić information content (AvgIpc) is 3.50. The lowest BCUT2D eigenvalue weighted by atomic mass is 9.47. The van der Waals surface area contributed by atoms with Gasteiger partial charge in [-0.3, -0.25) is 9.48 Å². The van der Waals surface area contributed by atoms with Gasteiger partial charge in [0.25, 0.3) is 0 Å². The van der Waals surface area contributed by atoms with E-state index < -0.39 is 0 Å². The van der Waals surface area contributed by atoms with Crippen molar-refractivity contribution >= 4 is 11.7 Å². The summed E-state index contributed by atoms with van der Waals surface area (Å²) >= 11 is 0. The Balaban J connectivity index is 1.06. The number of carbonyl (C=O) groups is 1. The van der Waals surface area contributed by atoms with Gasteiger partial charge in [0.1, 0.15) is 5.82 Å². The Kier molecular flexibility index (Phi) is 7.17. The largest absolute Gasteiger partial charge is 0.393 e. The Morgan fingerprint density at radius 2 is 1.97 bits per heavy atom. The number of carbonyl (C=O) groups excluding carboxylic acids is 1. The summed E-state index contributed by atoms with van der Waals surface area (Å²) in [6.45, 7) is 12.4. The second kappa shape index (κ2) is 10.2. The number of rotatable bonds is 5. The molecule has 1 aromatic rings. The second-order valence-corrected chi connectivity index (χ2v) is 14.6. The molecule has 0 aromatic carbocycles. The van der Waals surface area contributed by atoms with Gasteiger partial charge < -0.3 is 14.9 Å². The van der Waals surface area contributed by atoms with Gasteiger partial charge in [-0.2, -0.15) is 5.10 Å². The number of aromatic nitrogens is 2. The van der Waals surface area contributed by atoms with E-state index in [1.165, 1.54) is 38.5 Å². The molecule has 5 aliphatic rings. The van der Waals surface area contributed by atoms with Crippen molar-refractivity contribution < 1.29 is 9.90 Å². The molecule has 1 N–H and O–H groups in total. The molecule has 39 heavy (non-hydrogen) atoms. The quantitative estimate of drug-likeness (QED) is 0.482. The first kappa shape index (κ1) is 27.4. The predicted octanol–water partition coefficient (Wildman–Crippen LogP) is 5.81. The molecule has 1 aliphatic heterocycles. The van der Waals surface area contributed by atoms with Crippen LogP contribution < -0.4 is 4.90 Å². The summed E-state index contributed by atoms with van der Waals surface area (Å²) in [7, 11) is 1.99. The van der Waals surface area contributed by atoms with Gasteiger partial charge in [-0.05, 0) is 105 Å². The molecule has 6 heteroatoms. The zero-order valence-electron chi connectivity index (χ0n) is 25.1. The van der Waals surface area contributed by atoms with Crippen LogP contribution in [-0.4, -0.2) is 57.5 Å². The number of hydrogen-bond donors (Lipinski definition) is 1. The highest BCUT2D eigenvalue weighted by Gasteiger charge is 2.59. The molecule has 1 amide bonds. The molecule has 0 bridgehead atoms. The lowest BCUT2D eigenvalue weighted by molar-refractivity contribution is -0.134. The van der Waals surface area contributed by atoms with E-state index in [4.69, 9.17) is 0 Å². The molecule has 0 radical (unpaired) electrons. The van der Waals surface area contributed by atoms with Crippen LogP contribution in [0.4, 0.5) is 5.82 Å². The number of hydrogen-bond acceptors (Lipinski definition) is 4. The first-order valence-electron chi connectivity index (χ1n) is 16.0. The summed E-state index contributed by atoms with van der Waals surface area (Å²) in [6, 6.07) is 2.30. The van der Waals surface area contributed by atoms with Gasteiger partial charge in [-0.15, -0.1) is 0 Å². The van der Waals surface area contributed by atoms with Crippen LogP contribution in [0.15, 0.2) is 23.9 Å². The third-order valence-corrected chi connectivity index (χ3v) is 12.7. The van der Waals surface area contributed by atoms with E-state index in [2.05, 4.69) is 54.7 Å². The van der Waals surface area contributed by atoms with Crippen molar-refractivity contribution in [2.75, 3.05) is 24.5 Å². The number of anilines is 1. The fourth-order valence-electron chi connectivity index (χ4n) is 10.5. The highest BCUT2D eigenvalue weighted by molar-refractivity contribution is 5.77. The Labute approximate surface area is 236 Å². The van der Waals surface area contributed by atoms with E-state index in [-0.39, 0.29) is 12.1 Å². The van der Waals surface area contributed by atoms with Crippen LogP contribution in [0, 0.1) is 40.4 Å². The normalized spacial score (nSPS) is 40.9. The molecule has 1 aromatic heterocycles. The van der Waals surface area contributed by atoms with Crippen molar-refractivity contribution in [2.24, 2.45) is 47.5 Å². The fraction of sp³-hybridized carbons (Fsp3) is 0.818. The first-order chi connectivity index (χ1) is 18.6. The molecular weight excluding hydrogens is 484 g/mol. The maximum absolute atomic E-state index is 13.4. The van der Waals surface area contributed by atoms with Crippen molar-refractivity contribution in [1.82, 2.24) is 14.7 Å². The SMILES string of the molecule is C[C@H](CCC(=O)N1CCN(c2ccnn2C)C[C@@H]1C)[C@H]1CC[C@H]2[C@@H]3CC=C4C[C@@H](O)CC[C@]4(C)[C@H]3CC[C@]12C. The Bertz CT molecular complexity index is 1100. The van der Waals surface area contributed by atoms with Crippen molar-refractivity contribution in [3.8, 4) is 0 Å². The number of nitrogens with zero attached hydrogens (tertiary/aromatic N) is 4. The molecule has 1 saturated heterocycles. The zero-order chi connectivity index (χ0) is 27.5. The molecule has 4 aliphatic carbocycles. The van der Waals surface area contributed by atoms with Crippen LogP contribution in [0.5, 0.6) is 0 Å². The minimum absolute atomic E-state index is 0.123. The molecule has 0 spiro atoms. The standard InChI is InChI=1S/C33H52N4O2/c1-22(6-11-31(39)37-19-18-36(21-23(37)2)30-14-17-34-35(30)5)27-9-10-28-26-8-7-24-20-25(38)12-15-32(24,3)29(26)13-16-33(27,28)4/h7,14,17,22-23,25-29,38H,6,8-13,15-16,18-21H2,1-5H3/t22-,23+,25+,26+,27-,28+,29+,32+,33-/m1/s1. The third kappa shape index (κ3) is 4.57. The van der Waals surface area contributed by atoms with Crippen LogP contribution in [0.3, 0.4) is 0 Å². The molecular formula is C33H52N4O2. The number of aryl methyl sites for hydroxylation is 1. The average molecular weight is 537 g/mol. The maximum atomic E-state index is 13.4. The molecule has 2 heterocycles. The molecule has 9 atom stereocenters. The van der Waals surface area contributed by atoms with Gasteiger partial charge in [0.15, 0.2) is 0 Å². The number of aliphatic hydroxyl groups excluding tert-OH is 1. The summed E-state index contributed by atoms with van der Waals surface area (Å²) in [5.74, 6) is 5.25. The summed E-state index contributed by atoms with van der Waals surface area (Å²) < 4.78 is 1.93. The highest BCUT2D eigenvalue weighted by Crippen LogP contribution is 2.67. The Hall–Kier alpha value is -1.82. The molecule has 0 unspecified atom stereocenters. The summed E-state index contributed by atoms with van der Waals surface area (Å²) in [6.07, 6.45) is 15.7. The van der Waals surface area contributed by atoms with Crippen molar-refractivity contribution in [3.05, 3.63) is 23.9 Å². The predicted molar refractivity (Wildman–Crippen MR) is 156 cm³/mol. The van der Waals surface area contributed by atoms with Gasteiger partial charge in [-0.1, -0.05) is 32.4 Å². The van der Waals surface area contributed by atoms with Gasteiger partial charge in [-0.25, -0.2) is 0 Å². The van der Waals surface area contributed by atoms with E-state index in [0.717, 1.165) is 68.4 Å². The van der Waals surface area contributed by atoms with E-state index >= 15 is 0 Å². The minimum atomic E-state index is -0.123. The molecule has 6 rings (SSSR count). The molecule has 3 saturated carbocycles. The van der Waals surface area contributed by atoms with Crippen LogP contribution in [0.25, 0.3) is 0 Å². The Morgan fingerprint density at radius 3 is 2.72 bits per heavy atom. The smallest absolute Gasteiger partial charge is 0.222 e. The van der Waals surface area contributed by atoms with Gasteiger partial charge in [0, 0.05) is 45.2 Å². The second-order valence-electron chi connectivity index (χ2n) is 14.6. The van der Waals surface area contributed by atoms with Gasteiger partial charge in [0.05, 0.1) is 12.3 Å². The van der Waals surface area contributed by atoms with Crippen LogP contribution in [0.1, 0.15) is 91.9 Å². The number of amides is 1. The molecule has 4 fully saturated rings. The molecule has 216 valence electrons. The Morgan fingerprint density at radius 1 is 1.15 bits per heavy atom. The van der Waals surface area contributed by atoms with Crippen LogP contribution >= 0.6 is 0 Å². The number of allylic oxidation sites excluding steroid dienone is 1. The van der Waals surface area contributed by atoms with E-state index in [9.17, 15) is 9.90 Å².